The van der Waals surface area contributed by atoms with Gasteiger partial charge in [0, 0.05) is 6.20 Å². The van der Waals surface area contributed by atoms with Gasteiger partial charge in [0.2, 0.25) is 0 Å². The van der Waals surface area contributed by atoms with Crippen LogP contribution in [-0.2, 0) is 6.61 Å². The molecule has 0 amide bonds. The molecule has 0 saturated carbocycles. The van der Waals surface area contributed by atoms with Crippen LogP contribution in [-0.4, -0.2) is 14.4 Å². The molecular formula is C13H12N4O. The standard InChI is InChI=1S/C13H12N4O/c14-12-4-1-5-13-16-7-10(17(12)13)9-18-11-3-2-6-15-8-11/h1-8H,9,14H2. The van der Waals surface area contributed by atoms with Gasteiger partial charge < -0.3 is 10.5 Å². The molecule has 0 aromatic carbocycles. The molecule has 5 heteroatoms. The van der Waals surface area contributed by atoms with Gasteiger partial charge in [0.25, 0.3) is 0 Å². The van der Waals surface area contributed by atoms with Gasteiger partial charge in [0.15, 0.2) is 0 Å². The predicted molar refractivity (Wildman–Crippen MR) is 68.2 cm³/mol. The Hall–Kier alpha value is -2.56. The number of pyridine rings is 2. The highest BCUT2D eigenvalue weighted by molar-refractivity contribution is 5.49. The van der Waals surface area contributed by atoms with Crippen LogP contribution in [0.5, 0.6) is 5.75 Å². The number of fused-ring (bicyclic) bond motifs is 1. The molecule has 0 fully saturated rings. The maximum atomic E-state index is 5.93. The quantitative estimate of drug-likeness (QED) is 0.759. The van der Waals surface area contributed by atoms with Gasteiger partial charge in [-0.15, -0.1) is 0 Å². The first kappa shape index (κ1) is 10.6. The number of hydrogen-bond donors (Lipinski definition) is 1. The highest BCUT2D eigenvalue weighted by Crippen LogP contribution is 2.15. The number of nitrogen functional groups attached to an aromatic ring is 1. The molecule has 2 N–H and O–H groups in total. The van der Waals surface area contributed by atoms with E-state index in [0.29, 0.717) is 12.4 Å². The lowest BCUT2D eigenvalue weighted by Crippen LogP contribution is -2.03. The molecule has 3 rings (SSSR count). The molecule has 18 heavy (non-hydrogen) atoms. The number of aromatic nitrogens is 3. The van der Waals surface area contributed by atoms with Gasteiger partial charge in [-0.05, 0) is 24.3 Å². The highest BCUT2D eigenvalue weighted by Gasteiger charge is 2.06. The van der Waals surface area contributed by atoms with Gasteiger partial charge >= 0.3 is 0 Å². The second kappa shape index (κ2) is 4.37. The van der Waals surface area contributed by atoms with E-state index in [-0.39, 0.29) is 0 Å². The summed E-state index contributed by atoms with van der Waals surface area (Å²) in [7, 11) is 0. The molecule has 0 unspecified atom stereocenters. The van der Waals surface area contributed by atoms with E-state index in [1.54, 1.807) is 18.6 Å². The third-order valence-corrected chi connectivity index (χ3v) is 2.65. The lowest BCUT2D eigenvalue weighted by molar-refractivity contribution is 0.299. The molecule has 0 spiro atoms. The van der Waals surface area contributed by atoms with Crippen molar-refractivity contribution in [1.29, 1.82) is 0 Å². The summed E-state index contributed by atoms with van der Waals surface area (Å²) in [6.45, 7) is 0.404. The number of nitrogens with two attached hydrogens (primary N) is 1. The summed E-state index contributed by atoms with van der Waals surface area (Å²) in [5, 5.41) is 0. The third kappa shape index (κ3) is 1.86. The van der Waals surface area contributed by atoms with Gasteiger partial charge in [-0.1, -0.05) is 6.07 Å². The van der Waals surface area contributed by atoms with Crippen LogP contribution in [0.15, 0.2) is 48.9 Å². The Morgan fingerprint density at radius 3 is 2.94 bits per heavy atom. The van der Waals surface area contributed by atoms with Gasteiger partial charge in [0.05, 0.1) is 18.1 Å². The van der Waals surface area contributed by atoms with Crippen molar-refractivity contribution in [2.24, 2.45) is 0 Å². The largest absolute Gasteiger partial charge is 0.486 e. The molecular weight excluding hydrogens is 228 g/mol. The number of hydrogen-bond acceptors (Lipinski definition) is 4. The molecule has 3 aromatic heterocycles. The fourth-order valence-corrected chi connectivity index (χ4v) is 1.82. The number of imidazole rings is 1. The maximum Gasteiger partial charge on any atom is 0.138 e. The molecule has 90 valence electrons. The van der Waals surface area contributed by atoms with Crippen molar-refractivity contribution in [3.05, 3.63) is 54.6 Å². The minimum Gasteiger partial charge on any atom is -0.486 e. The van der Waals surface area contributed by atoms with Crippen molar-refractivity contribution >= 4 is 11.5 Å². The van der Waals surface area contributed by atoms with Crippen molar-refractivity contribution in [3.63, 3.8) is 0 Å². The number of rotatable bonds is 3. The molecule has 3 heterocycles. The Bertz CT molecular complexity index is 663. The normalized spacial score (nSPS) is 10.7. The molecule has 0 aliphatic carbocycles. The fourth-order valence-electron chi connectivity index (χ4n) is 1.82. The maximum absolute atomic E-state index is 5.93. The van der Waals surface area contributed by atoms with Crippen molar-refractivity contribution in [3.8, 4) is 5.75 Å². The minimum absolute atomic E-state index is 0.404. The molecule has 0 atom stereocenters. The summed E-state index contributed by atoms with van der Waals surface area (Å²) in [6, 6.07) is 9.31. The molecule has 0 aliphatic rings. The van der Waals surface area contributed by atoms with Crippen molar-refractivity contribution in [2.75, 3.05) is 5.73 Å². The van der Waals surface area contributed by atoms with Crippen LogP contribution in [0.25, 0.3) is 5.65 Å². The van der Waals surface area contributed by atoms with E-state index in [4.69, 9.17) is 10.5 Å². The first-order valence-electron chi connectivity index (χ1n) is 5.58. The Morgan fingerprint density at radius 1 is 1.17 bits per heavy atom. The average molecular weight is 240 g/mol. The van der Waals surface area contributed by atoms with Crippen LogP contribution in [0.1, 0.15) is 5.69 Å². The molecule has 0 saturated heterocycles. The van der Waals surface area contributed by atoms with Crippen molar-refractivity contribution in [1.82, 2.24) is 14.4 Å². The van der Waals surface area contributed by atoms with Gasteiger partial charge in [-0.2, -0.15) is 0 Å². The number of nitrogens with zero attached hydrogens (tertiary/aromatic N) is 3. The summed E-state index contributed by atoms with van der Waals surface area (Å²) in [5.74, 6) is 1.37. The summed E-state index contributed by atoms with van der Waals surface area (Å²) in [4.78, 5) is 8.27. The lowest BCUT2D eigenvalue weighted by atomic mass is 10.4. The summed E-state index contributed by atoms with van der Waals surface area (Å²) in [5.41, 5.74) is 7.65. The van der Waals surface area contributed by atoms with Crippen molar-refractivity contribution < 1.29 is 4.74 Å². The molecule has 0 bridgehead atoms. The SMILES string of the molecule is Nc1cccc2ncc(COc3cccnc3)n12. The first-order valence-corrected chi connectivity index (χ1v) is 5.58. The summed E-state index contributed by atoms with van der Waals surface area (Å²) >= 11 is 0. The van der Waals surface area contributed by atoms with Crippen LogP contribution < -0.4 is 10.5 Å². The minimum atomic E-state index is 0.404. The Balaban J connectivity index is 1.87. The number of ether oxygens (including phenoxy) is 1. The van der Waals surface area contributed by atoms with E-state index in [1.165, 1.54) is 0 Å². The van der Waals surface area contributed by atoms with Gasteiger partial charge in [0.1, 0.15) is 23.8 Å². The monoisotopic (exact) mass is 240 g/mol. The highest BCUT2D eigenvalue weighted by atomic mass is 16.5. The van der Waals surface area contributed by atoms with E-state index in [1.807, 2.05) is 34.7 Å². The molecule has 0 radical (unpaired) electrons. The Kier molecular flexibility index (Phi) is 2.57. The van der Waals surface area contributed by atoms with Crippen molar-refractivity contribution in [2.45, 2.75) is 6.61 Å². The second-order valence-electron chi connectivity index (χ2n) is 3.87. The van der Waals surface area contributed by atoms with Crippen LogP contribution >= 0.6 is 0 Å². The van der Waals surface area contributed by atoms with Crippen LogP contribution in [0.4, 0.5) is 5.82 Å². The molecule has 0 aliphatic heterocycles. The predicted octanol–water partition coefficient (Wildman–Crippen LogP) is 1.89. The van der Waals surface area contributed by atoms with Gasteiger partial charge in [-0.3, -0.25) is 9.38 Å². The zero-order chi connectivity index (χ0) is 12.4. The second-order valence-corrected chi connectivity index (χ2v) is 3.87. The average Bonchev–Trinajstić information content (AvgIpc) is 2.82. The van der Waals surface area contributed by atoms with Crippen LogP contribution in [0.3, 0.4) is 0 Å². The van der Waals surface area contributed by atoms with Gasteiger partial charge in [-0.25, -0.2) is 4.98 Å². The van der Waals surface area contributed by atoms with E-state index >= 15 is 0 Å². The fraction of sp³-hybridized carbons (Fsp3) is 0.0769. The van der Waals surface area contributed by atoms with E-state index in [9.17, 15) is 0 Å². The zero-order valence-corrected chi connectivity index (χ0v) is 9.65. The van der Waals surface area contributed by atoms with Crippen LogP contribution in [0.2, 0.25) is 0 Å². The third-order valence-electron chi connectivity index (χ3n) is 2.65. The van der Waals surface area contributed by atoms with E-state index in [2.05, 4.69) is 9.97 Å². The van der Waals surface area contributed by atoms with Crippen LogP contribution in [0, 0.1) is 0 Å². The first-order chi connectivity index (χ1) is 8.84. The summed E-state index contributed by atoms with van der Waals surface area (Å²) in [6.07, 6.45) is 5.15. The number of anilines is 1. The summed E-state index contributed by atoms with van der Waals surface area (Å²) < 4.78 is 7.51. The Labute approximate surface area is 104 Å². The Morgan fingerprint density at radius 2 is 2.11 bits per heavy atom. The zero-order valence-electron chi connectivity index (χ0n) is 9.65. The molecule has 5 nitrogen and oxygen atoms in total. The van der Waals surface area contributed by atoms with E-state index in [0.717, 1.165) is 17.1 Å². The van der Waals surface area contributed by atoms with E-state index < -0.39 is 0 Å². The topological polar surface area (TPSA) is 65.4 Å². The lowest BCUT2D eigenvalue weighted by Gasteiger charge is -2.07. The molecule has 3 aromatic rings. The smallest absolute Gasteiger partial charge is 0.138 e.